The molecule has 2 aromatic carbocycles. The number of anilines is 2. The molecule has 71 heavy (non-hydrogen) atoms. The lowest BCUT2D eigenvalue weighted by molar-refractivity contribution is -0.120. The molecule has 0 bridgehead atoms. The van der Waals surface area contributed by atoms with Crippen LogP contribution in [0, 0.1) is 0 Å². The zero-order valence-corrected chi connectivity index (χ0v) is 42.4. The lowest BCUT2D eigenvalue weighted by Crippen LogP contribution is -2.59. The van der Waals surface area contributed by atoms with Crippen LogP contribution in [-0.4, -0.2) is 145 Å². The molecule has 374 valence electrons. The molecule has 0 spiro atoms. The first kappa shape index (κ1) is 51.1. The Morgan fingerprint density at radius 1 is 0.620 bits per heavy atom. The van der Waals surface area contributed by atoms with Gasteiger partial charge in [-0.25, -0.2) is 9.97 Å². The number of halogens is 2. The van der Waals surface area contributed by atoms with Crippen LogP contribution >= 0.6 is 23.2 Å². The number of pyridine rings is 2. The molecule has 4 aliphatic rings. The highest BCUT2D eigenvalue weighted by atomic mass is 35.5. The number of hydrogen-bond donors (Lipinski definition) is 1. The fourth-order valence-electron chi connectivity index (χ4n) is 9.84. The number of ketones is 1. The summed E-state index contributed by atoms with van der Waals surface area (Å²) in [6, 6.07) is 22.3. The van der Waals surface area contributed by atoms with E-state index in [4.69, 9.17) is 28.2 Å². The summed E-state index contributed by atoms with van der Waals surface area (Å²) in [5.74, 6) is 1.68. The maximum absolute atomic E-state index is 12.9. The minimum atomic E-state index is -0.0636. The van der Waals surface area contributed by atoms with Crippen molar-refractivity contribution < 1.29 is 14.4 Å². The maximum Gasteiger partial charge on any atom is 0.264 e. The molecular formula is C52H62Cl2N12O5. The Morgan fingerprint density at radius 3 is 1.61 bits per heavy atom. The molecule has 10 rings (SSSR count). The van der Waals surface area contributed by atoms with Gasteiger partial charge in [0.2, 0.25) is 11.9 Å². The summed E-state index contributed by atoms with van der Waals surface area (Å²) in [4.78, 5) is 89.7. The van der Waals surface area contributed by atoms with E-state index in [1.807, 2.05) is 4.90 Å². The number of carbonyl (C=O) groups excluding carboxylic acids is 3. The van der Waals surface area contributed by atoms with Crippen LogP contribution in [0.15, 0.2) is 94.8 Å². The van der Waals surface area contributed by atoms with Crippen LogP contribution in [0.25, 0.3) is 22.1 Å². The highest BCUT2D eigenvalue weighted by molar-refractivity contribution is 6.31. The Bertz CT molecular complexity index is 2950. The molecule has 2 atom stereocenters. The number of hydrogen-bond acceptors (Lipinski definition) is 13. The van der Waals surface area contributed by atoms with Gasteiger partial charge in [-0.1, -0.05) is 37.0 Å². The van der Waals surface area contributed by atoms with E-state index in [0.717, 1.165) is 78.0 Å². The molecule has 4 aliphatic heterocycles. The molecule has 1 N–H and O–H groups in total. The highest BCUT2D eigenvalue weighted by Crippen LogP contribution is 2.27. The number of piperidine rings is 2. The van der Waals surface area contributed by atoms with E-state index in [1.54, 1.807) is 113 Å². The second-order valence-corrected chi connectivity index (χ2v) is 19.3. The van der Waals surface area contributed by atoms with Crippen molar-refractivity contribution in [2.75, 3.05) is 75.2 Å². The second kappa shape index (κ2) is 23.3. The second-order valence-electron chi connectivity index (χ2n) is 18.4. The van der Waals surface area contributed by atoms with Gasteiger partial charge in [-0.05, 0) is 98.5 Å². The van der Waals surface area contributed by atoms with Crippen molar-refractivity contribution in [3.8, 4) is 0 Å². The van der Waals surface area contributed by atoms with Gasteiger partial charge in [0.05, 0.1) is 10.8 Å². The van der Waals surface area contributed by atoms with E-state index in [0.29, 0.717) is 99.2 Å². The van der Waals surface area contributed by atoms with Crippen molar-refractivity contribution in [1.29, 1.82) is 0 Å². The van der Waals surface area contributed by atoms with Crippen molar-refractivity contribution in [2.45, 2.75) is 70.5 Å². The summed E-state index contributed by atoms with van der Waals surface area (Å²) in [7, 11) is 3.57. The number of carbonyl (C=O) groups is 3. The molecule has 6 aromatic rings. The van der Waals surface area contributed by atoms with Gasteiger partial charge in [0.25, 0.3) is 22.9 Å². The van der Waals surface area contributed by atoms with Crippen LogP contribution in [0.4, 0.5) is 11.9 Å². The Kier molecular flexibility index (Phi) is 16.8. The molecule has 2 amide bonds. The lowest BCUT2D eigenvalue weighted by atomic mass is 9.97. The van der Waals surface area contributed by atoms with E-state index in [9.17, 15) is 24.0 Å². The molecule has 19 heteroatoms. The molecule has 17 nitrogen and oxygen atoms in total. The number of nitrogens with one attached hydrogen (secondary N) is 1. The van der Waals surface area contributed by atoms with Gasteiger partial charge >= 0.3 is 0 Å². The Labute approximate surface area is 423 Å². The maximum atomic E-state index is 12.9. The molecule has 0 radical (unpaired) electrons. The molecule has 4 saturated heterocycles. The summed E-state index contributed by atoms with van der Waals surface area (Å²) in [5, 5.41) is 5.84. The number of amides is 2. The summed E-state index contributed by atoms with van der Waals surface area (Å²) in [5.41, 5.74) is 2.24. The Hall–Kier alpha value is -6.27. The third kappa shape index (κ3) is 11.9. The predicted molar refractivity (Wildman–Crippen MR) is 279 cm³/mol. The topological polar surface area (TPSA) is 175 Å². The van der Waals surface area contributed by atoms with Gasteiger partial charge in [0.15, 0.2) is 11.3 Å². The summed E-state index contributed by atoms with van der Waals surface area (Å²) < 4.78 is 3.27. The van der Waals surface area contributed by atoms with E-state index in [-0.39, 0.29) is 28.7 Å². The van der Waals surface area contributed by atoms with E-state index < -0.39 is 0 Å². The van der Waals surface area contributed by atoms with E-state index in [1.165, 1.54) is 0 Å². The van der Waals surface area contributed by atoms with Gasteiger partial charge in [0.1, 0.15) is 5.78 Å². The van der Waals surface area contributed by atoms with Crippen molar-refractivity contribution >= 4 is 74.8 Å². The molecule has 0 saturated carbocycles. The van der Waals surface area contributed by atoms with E-state index in [2.05, 4.69) is 48.8 Å². The number of Topliss-reactive ketones (excluding diaryl/α,β-unsaturated/α-hetero) is 1. The van der Waals surface area contributed by atoms with Crippen molar-refractivity contribution in [3.63, 3.8) is 0 Å². The molecule has 0 unspecified atom stereocenters. The smallest absolute Gasteiger partial charge is 0.264 e. The average molecular weight is 1010 g/mol. The third-order valence-electron chi connectivity index (χ3n) is 14.0. The molecule has 8 heterocycles. The normalized spacial score (nSPS) is 19.0. The standard InChI is InChI=1S/C26H31ClN6O2.C14H19N5O.C12H12ClNO2/c1-3-20-17-32(26-29-23-22(5-4-12-28-23)25(35)30(26)2)15-16-33(20)21-10-13-31(14-11-21)24(34)18-6-8-19(27)9-7-18;1-3-10-9-19(8-7-15-10)14-17-12-11(5-4-6-16-12)13(20)18(14)2;13-10-3-1-9(2-4-10)12(16)14-7-5-11(15)6-8-14/h4-9,12,20-21H,3,10-11,13-17H2,1-2H3;4-6,10,15H,3,7-9H2,1-2H3;1-4H,5-8H2/t20-;10-;/m00./s1. The van der Waals surface area contributed by atoms with Gasteiger partial charge in [-0.2, -0.15) is 9.97 Å². The monoisotopic (exact) mass is 1000 g/mol. The lowest BCUT2D eigenvalue weighted by Gasteiger charge is -2.47. The number of fused-ring (bicyclic) bond motifs is 2. The van der Waals surface area contributed by atoms with Crippen LogP contribution in [0.1, 0.15) is 73.1 Å². The Balaban J connectivity index is 0.000000158. The van der Waals surface area contributed by atoms with Crippen LogP contribution < -0.4 is 26.2 Å². The Morgan fingerprint density at radius 2 is 1.11 bits per heavy atom. The largest absolute Gasteiger partial charge is 0.339 e. The number of piperazine rings is 2. The predicted octanol–water partition coefficient (Wildman–Crippen LogP) is 5.85. The average Bonchev–Trinajstić information content (AvgIpc) is 3.41. The number of nitrogens with zero attached hydrogens (tertiary/aromatic N) is 11. The third-order valence-corrected chi connectivity index (χ3v) is 14.5. The number of aromatic nitrogens is 6. The van der Waals surface area contributed by atoms with Gasteiger partial charge < -0.3 is 24.9 Å². The molecule has 4 fully saturated rings. The summed E-state index contributed by atoms with van der Waals surface area (Å²) in [6.45, 7) is 12.1. The number of benzene rings is 2. The van der Waals surface area contributed by atoms with Crippen molar-refractivity contribution in [1.82, 2.24) is 49.1 Å². The highest BCUT2D eigenvalue weighted by Gasteiger charge is 2.35. The summed E-state index contributed by atoms with van der Waals surface area (Å²) in [6.07, 6.45) is 8.30. The van der Waals surface area contributed by atoms with Crippen LogP contribution in [0.3, 0.4) is 0 Å². The number of likely N-dealkylation sites (tertiary alicyclic amines) is 2. The number of rotatable bonds is 7. The molecule has 4 aromatic heterocycles. The quantitative estimate of drug-likeness (QED) is 0.202. The minimum Gasteiger partial charge on any atom is -0.339 e. The summed E-state index contributed by atoms with van der Waals surface area (Å²) >= 11 is 11.7. The van der Waals surface area contributed by atoms with Gasteiger partial charge in [-0.15, -0.1) is 0 Å². The van der Waals surface area contributed by atoms with Crippen LogP contribution in [0.2, 0.25) is 10.0 Å². The van der Waals surface area contributed by atoms with Gasteiger partial charge in [0, 0.05) is 144 Å². The molecular weight excluding hydrogens is 944 g/mol. The fourth-order valence-corrected chi connectivity index (χ4v) is 10.1. The van der Waals surface area contributed by atoms with E-state index >= 15 is 0 Å². The van der Waals surface area contributed by atoms with Gasteiger partial charge in [-0.3, -0.25) is 38.0 Å². The van der Waals surface area contributed by atoms with Crippen LogP contribution in [0.5, 0.6) is 0 Å². The zero-order valence-electron chi connectivity index (χ0n) is 40.8. The first-order chi connectivity index (χ1) is 34.3. The SMILES string of the molecule is CC[C@H]1CN(c2nc3ncccc3c(=O)n2C)CCN1.CC[C@H]1CN(c2nc3ncccc3c(=O)n2C)CCN1C1CCN(C(=O)c2ccc(Cl)cc2)CC1.O=C1CCN(C(=O)c2ccc(Cl)cc2)CC1. The fraction of sp³-hybridized carbons (Fsp3) is 0.442. The minimum absolute atomic E-state index is 0.0239. The van der Waals surface area contributed by atoms with Crippen molar-refractivity contribution in [3.05, 3.63) is 127 Å². The zero-order chi connectivity index (χ0) is 50.2. The van der Waals surface area contributed by atoms with Crippen LogP contribution in [-0.2, 0) is 18.9 Å². The first-order valence-electron chi connectivity index (χ1n) is 24.6. The molecule has 0 aliphatic carbocycles. The first-order valence-corrected chi connectivity index (χ1v) is 25.3. The van der Waals surface area contributed by atoms with Crippen molar-refractivity contribution in [2.24, 2.45) is 14.1 Å².